The molecule has 2 unspecified atom stereocenters. The van der Waals surface area contributed by atoms with E-state index in [1.54, 1.807) is 55.6 Å². The van der Waals surface area contributed by atoms with Gasteiger partial charge in [-0.05, 0) is 83.3 Å². The first-order valence-electron chi connectivity index (χ1n) is 29.2. The first kappa shape index (κ1) is 61.9. The van der Waals surface area contributed by atoms with Gasteiger partial charge in [0.15, 0.2) is 6.29 Å². The number of nitrogens with zero attached hydrogens (tertiary/aromatic N) is 1. The van der Waals surface area contributed by atoms with Crippen molar-refractivity contribution in [1.82, 2.24) is 4.90 Å². The minimum absolute atomic E-state index is 0.0354. The van der Waals surface area contributed by atoms with E-state index in [0.29, 0.717) is 18.1 Å². The van der Waals surface area contributed by atoms with Crippen LogP contribution in [0.5, 0.6) is 11.5 Å². The van der Waals surface area contributed by atoms with Crippen molar-refractivity contribution >= 4 is 46.2 Å². The third-order valence-corrected chi connectivity index (χ3v) is 17.0. The lowest BCUT2D eigenvalue weighted by molar-refractivity contribution is -0.326. The third-order valence-electron chi connectivity index (χ3n) is 15.2. The number of hydrogen-bond acceptors (Lipinski definition) is 14. The van der Waals surface area contributed by atoms with Gasteiger partial charge in [-0.1, -0.05) is 216 Å². The predicted molar refractivity (Wildman–Crippen MR) is 338 cm³/mol. The lowest BCUT2D eigenvalue weighted by Gasteiger charge is -2.50. The number of thioether (sulfide) groups is 1. The van der Waals surface area contributed by atoms with Gasteiger partial charge in [-0.25, -0.2) is 0 Å². The van der Waals surface area contributed by atoms with Crippen molar-refractivity contribution in [2.45, 2.75) is 116 Å². The van der Waals surface area contributed by atoms with Crippen molar-refractivity contribution in [3.63, 3.8) is 0 Å². The zero-order valence-corrected chi connectivity index (χ0v) is 51.3. The highest BCUT2D eigenvalue weighted by Crippen LogP contribution is 2.42. The van der Waals surface area contributed by atoms with Gasteiger partial charge in [-0.15, -0.1) is 0 Å². The summed E-state index contributed by atoms with van der Waals surface area (Å²) in [7, 11) is 1.58. The number of benzene rings is 8. The SMILES string of the molecule is COc1ccc(O[C@H]2O[C@H](COCc3ccccc3)[C@@H](OC(O[C@H]3[C@@H](OCc4ccccc4)[C@H](OCc4ccccc4)[C@@H](COCc4ccccc4)O[C@@H]3Sc3ccccc3)C(C)I)[C@H](OCc3ccccc3)[C@H]2N2C(=O)c3ccccc3C2=O)cc1. The molecule has 0 spiro atoms. The number of hydrogen-bond donors (Lipinski definition) is 0. The highest BCUT2D eigenvalue weighted by molar-refractivity contribution is 14.1. The van der Waals surface area contributed by atoms with E-state index in [1.165, 1.54) is 16.7 Å². The summed E-state index contributed by atoms with van der Waals surface area (Å²) in [4.78, 5) is 32.2. The summed E-state index contributed by atoms with van der Waals surface area (Å²) in [6, 6.07) is 72.2. The van der Waals surface area contributed by atoms with E-state index < -0.39 is 82.5 Å². The Morgan fingerprint density at radius 2 is 0.862 bits per heavy atom. The summed E-state index contributed by atoms with van der Waals surface area (Å²) in [5.41, 5.74) is 4.46. The molecule has 0 aliphatic carbocycles. The molecule has 11 rings (SSSR count). The molecule has 450 valence electrons. The van der Waals surface area contributed by atoms with Crippen LogP contribution in [0.3, 0.4) is 0 Å². The summed E-state index contributed by atoms with van der Waals surface area (Å²) in [5.74, 6) is -0.0659. The number of rotatable bonds is 28. The topological polar surface area (TPSA) is 139 Å². The van der Waals surface area contributed by atoms with Crippen LogP contribution >= 0.6 is 34.4 Å². The molecule has 8 aromatic rings. The monoisotopic (exact) mass is 1300 g/mol. The van der Waals surface area contributed by atoms with E-state index in [4.69, 9.17) is 52.1 Å². The Hall–Kier alpha value is -6.78. The molecule has 3 aliphatic heterocycles. The third kappa shape index (κ3) is 16.1. The average Bonchev–Trinajstić information content (AvgIpc) is 2.78. The normalized spacial score (nSPS) is 23.4. The molecule has 0 bridgehead atoms. The molecule has 87 heavy (non-hydrogen) atoms. The van der Waals surface area contributed by atoms with E-state index >= 15 is 9.59 Å². The molecule has 2 amide bonds. The molecular formula is C71H70INO13S. The quantitative estimate of drug-likeness (QED) is 0.0199. The summed E-state index contributed by atoms with van der Waals surface area (Å²) in [6.45, 7) is 3.23. The van der Waals surface area contributed by atoms with Crippen molar-refractivity contribution in [1.29, 1.82) is 0 Å². The van der Waals surface area contributed by atoms with Crippen molar-refractivity contribution in [3.8, 4) is 11.5 Å². The summed E-state index contributed by atoms with van der Waals surface area (Å²) in [6.07, 6.45) is -8.74. The maximum Gasteiger partial charge on any atom is 0.262 e. The molecule has 0 radical (unpaired) electrons. The highest BCUT2D eigenvalue weighted by atomic mass is 127. The minimum Gasteiger partial charge on any atom is -0.497 e. The zero-order chi connectivity index (χ0) is 59.7. The Morgan fingerprint density at radius 1 is 0.460 bits per heavy atom. The Labute approximate surface area is 526 Å². The fourth-order valence-electron chi connectivity index (χ4n) is 10.9. The fraction of sp³-hybridized carbons (Fsp3) is 0.296. The summed E-state index contributed by atoms with van der Waals surface area (Å²) < 4.78 is 76.3. The number of fused-ring (bicyclic) bond motifs is 1. The molecule has 14 nitrogen and oxygen atoms in total. The largest absolute Gasteiger partial charge is 0.497 e. The smallest absolute Gasteiger partial charge is 0.262 e. The van der Waals surface area contributed by atoms with Crippen LogP contribution in [0.4, 0.5) is 0 Å². The number of ether oxygens (including phenoxy) is 11. The van der Waals surface area contributed by atoms with Crippen LogP contribution in [0, 0.1) is 0 Å². The van der Waals surface area contributed by atoms with Gasteiger partial charge in [-0.3, -0.25) is 14.5 Å². The second-order valence-electron chi connectivity index (χ2n) is 21.4. The Balaban J connectivity index is 1.01. The van der Waals surface area contributed by atoms with Gasteiger partial charge in [0.1, 0.15) is 65.7 Å². The second-order valence-corrected chi connectivity index (χ2v) is 24.5. The molecule has 2 fully saturated rings. The van der Waals surface area contributed by atoms with Crippen molar-refractivity contribution in [2.24, 2.45) is 0 Å². The maximum atomic E-state index is 15.0. The number of amides is 2. The number of carbonyl (C=O) groups is 2. The number of alkyl halides is 1. The fourth-order valence-corrected chi connectivity index (χ4v) is 12.4. The zero-order valence-electron chi connectivity index (χ0n) is 48.4. The van der Waals surface area contributed by atoms with Gasteiger partial charge in [-0.2, -0.15) is 0 Å². The molecule has 0 N–H and O–H groups in total. The van der Waals surface area contributed by atoms with Crippen molar-refractivity contribution in [3.05, 3.63) is 269 Å². The predicted octanol–water partition coefficient (Wildman–Crippen LogP) is 13.1. The first-order chi connectivity index (χ1) is 42.8. The van der Waals surface area contributed by atoms with Gasteiger partial charge < -0.3 is 52.1 Å². The number of methoxy groups -OCH3 is 1. The standard InChI is InChI=1S/C71H70INO13S/c1-48(72)69(86-66-65(81-45-53-31-17-7-18-32-53)62(79-43-51-27-13-5-14-28-51)59(46-77-41-49-23-9-3-10-24-49)84-71(66)87-56-33-19-8-20-34-56)85-63-60(47-78-42-50-25-11-4-12-26-50)83-70(82-55-39-37-54(76-2)38-40-55)61(64(63)80-44-52-29-15-6-16-30-52)73-67(74)57-35-21-22-36-58(57)68(73)75/h3-40,48,59-66,69-71H,41-47H2,1-2H3/t48?,59-,60-,61-,62-,63-,64-,65+,66+,69?,70+,71-/m1/s1. The summed E-state index contributed by atoms with van der Waals surface area (Å²) in [5, 5.41) is 0. The van der Waals surface area contributed by atoms with Crippen molar-refractivity contribution in [2.75, 3.05) is 20.3 Å². The van der Waals surface area contributed by atoms with Crippen LogP contribution in [0.1, 0.15) is 55.5 Å². The van der Waals surface area contributed by atoms with Crippen LogP contribution in [-0.4, -0.2) is 108 Å². The van der Waals surface area contributed by atoms with Crippen LogP contribution in [0.25, 0.3) is 0 Å². The van der Waals surface area contributed by atoms with Crippen LogP contribution < -0.4 is 9.47 Å². The highest BCUT2D eigenvalue weighted by Gasteiger charge is 2.58. The Kier molecular flexibility index (Phi) is 22.0. The lowest BCUT2D eigenvalue weighted by atomic mass is 9.94. The molecule has 3 heterocycles. The number of halogens is 1. The van der Waals surface area contributed by atoms with Crippen LogP contribution in [0.2, 0.25) is 0 Å². The van der Waals surface area contributed by atoms with Gasteiger partial charge in [0, 0.05) is 4.90 Å². The van der Waals surface area contributed by atoms with Crippen LogP contribution in [-0.2, 0) is 75.7 Å². The minimum atomic E-state index is -1.32. The maximum absolute atomic E-state index is 15.0. The van der Waals surface area contributed by atoms with Crippen molar-refractivity contribution < 1.29 is 61.7 Å². The molecule has 16 heteroatoms. The van der Waals surface area contributed by atoms with Crippen LogP contribution in [0.15, 0.2) is 235 Å². The molecule has 3 aliphatic rings. The van der Waals surface area contributed by atoms with E-state index in [9.17, 15) is 0 Å². The molecule has 0 saturated carbocycles. The molecule has 0 aromatic heterocycles. The molecule has 2 saturated heterocycles. The Bertz CT molecular complexity index is 3340. The second kappa shape index (κ2) is 30.9. The lowest BCUT2D eigenvalue weighted by Crippen LogP contribution is -2.68. The molecular weight excluding hydrogens is 1230 g/mol. The van der Waals surface area contributed by atoms with E-state index in [1.807, 2.05) is 189 Å². The summed E-state index contributed by atoms with van der Waals surface area (Å²) >= 11 is 3.83. The van der Waals surface area contributed by atoms with Gasteiger partial charge in [0.25, 0.3) is 11.8 Å². The molecule has 12 atom stereocenters. The Morgan fingerprint density at radius 3 is 1.33 bits per heavy atom. The number of carbonyl (C=O) groups excluding carboxylic acids is 2. The van der Waals surface area contributed by atoms with E-state index in [-0.39, 0.29) is 50.8 Å². The number of imide groups is 1. The van der Waals surface area contributed by atoms with E-state index in [2.05, 4.69) is 22.6 Å². The van der Waals surface area contributed by atoms with E-state index in [0.717, 1.165) is 32.7 Å². The van der Waals surface area contributed by atoms with Gasteiger partial charge in [0.05, 0.1) is 68.4 Å². The van der Waals surface area contributed by atoms with Gasteiger partial charge >= 0.3 is 0 Å². The first-order valence-corrected chi connectivity index (χ1v) is 31.3. The van der Waals surface area contributed by atoms with Gasteiger partial charge in [0.2, 0.25) is 6.29 Å². The average molecular weight is 1300 g/mol. The molecule has 8 aromatic carbocycles.